The minimum atomic E-state index is -1.62. The Morgan fingerprint density at radius 3 is 2.37 bits per heavy atom. The number of methoxy groups -OCH3 is 1. The second kappa shape index (κ2) is 12.3. The van der Waals surface area contributed by atoms with Gasteiger partial charge in [0.05, 0.1) is 19.4 Å². The molecule has 5 atom stereocenters. The summed E-state index contributed by atoms with van der Waals surface area (Å²) in [6, 6.07) is 17.0. The van der Waals surface area contributed by atoms with Crippen LogP contribution in [-0.4, -0.2) is 82.3 Å². The zero-order valence-electron chi connectivity index (χ0n) is 21.4. The van der Waals surface area contributed by atoms with E-state index in [-0.39, 0.29) is 12.5 Å². The summed E-state index contributed by atoms with van der Waals surface area (Å²) in [6.45, 7) is 3.22. The molecule has 11 nitrogen and oxygen atoms in total. The normalized spacial score (nSPS) is 23.1. The molecule has 0 aliphatic carbocycles. The average molecular weight is 529 g/mol. The highest BCUT2D eigenvalue weighted by atomic mass is 16.7. The number of aliphatic hydroxyl groups excluding tert-OH is 3. The van der Waals surface area contributed by atoms with Gasteiger partial charge in [0, 0.05) is 17.7 Å². The largest absolute Gasteiger partial charge is 0.508 e. The molecule has 0 amide bonds. The number of hydrogen-bond acceptors (Lipinski definition) is 10. The molecule has 2 aromatic carbocycles. The van der Waals surface area contributed by atoms with Crippen LogP contribution in [-0.2, 0) is 20.6 Å². The van der Waals surface area contributed by atoms with Crippen molar-refractivity contribution in [3.05, 3.63) is 71.4 Å². The Morgan fingerprint density at radius 2 is 1.71 bits per heavy atom. The number of benzene rings is 2. The molecule has 1 aromatic heterocycles. The van der Waals surface area contributed by atoms with Crippen LogP contribution >= 0.6 is 0 Å². The molecule has 1 aliphatic rings. The van der Waals surface area contributed by atoms with Crippen LogP contribution in [0.2, 0.25) is 0 Å². The Balaban J connectivity index is 1.62. The van der Waals surface area contributed by atoms with Crippen LogP contribution in [0, 0.1) is 6.92 Å². The molecular formula is C27H32N2O9. The molecule has 1 aliphatic heterocycles. The van der Waals surface area contributed by atoms with E-state index < -0.39 is 43.5 Å². The van der Waals surface area contributed by atoms with Gasteiger partial charge in [0.2, 0.25) is 12.2 Å². The Labute approximate surface area is 220 Å². The Morgan fingerprint density at radius 1 is 1.00 bits per heavy atom. The molecule has 0 bridgehead atoms. The van der Waals surface area contributed by atoms with Gasteiger partial charge in [-0.05, 0) is 43.7 Å². The van der Waals surface area contributed by atoms with E-state index in [9.17, 15) is 20.1 Å². The minimum Gasteiger partial charge on any atom is -0.497 e. The molecule has 0 spiro atoms. The first-order valence-electron chi connectivity index (χ1n) is 12.2. The van der Waals surface area contributed by atoms with Crippen LogP contribution in [0.15, 0.2) is 54.6 Å². The van der Waals surface area contributed by atoms with E-state index in [0.717, 1.165) is 28.3 Å². The van der Waals surface area contributed by atoms with E-state index in [1.165, 1.54) is 0 Å². The summed E-state index contributed by atoms with van der Waals surface area (Å²) in [6.07, 6.45) is -7.82. The molecule has 4 rings (SSSR count). The van der Waals surface area contributed by atoms with Crippen molar-refractivity contribution in [3.63, 3.8) is 0 Å². The molecule has 0 saturated carbocycles. The SMILES string of the molecule is CCOC(=O)OC[C@H]1OC(Oc2nn(-c3ccccc3)c(C)c2Cc2ccc(OC)cc2)[C@H](O)[C@@H](O)[C@@H]1O. The van der Waals surface area contributed by atoms with E-state index in [4.69, 9.17) is 23.7 Å². The van der Waals surface area contributed by atoms with Gasteiger partial charge >= 0.3 is 6.16 Å². The summed E-state index contributed by atoms with van der Waals surface area (Å²) in [7, 11) is 1.60. The third-order valence-electron chi connectivity index (χ3n) is 6.27. The van der Waals surface area contributed by atoms with E-state index in [1.807, 2.05) is 61.5 Å². The van der Waals surface area contributed by atoms with Gasteiger partial charge in [0.15, 0.2) is 0 Å². The number of carbonyl (C=O) groups excluding carboxylic acids is 1. The fraction of sp³-hybridized carbons (Fsp3) is 0.407. The maximum Gasteiger partial charge on any atom is 0.508 e. The lowest BCUT2D eigenvalue weighted by Gasteiger charge is -2.39. The van der Waals surface area contributed by atoms with Gasteiger partial charge in [-0.2, -0.15) is 0 Å². The van der Waals surface area contributed by atoms with Crippen LogP contribution in [0.4, 0.5) is 4.79 Å². The Hall–Kier alpha value is -3.64. The van der Waals surface area contributed by atoms with Crippen LogP contribution in [0.3, 0.4) is 0 Å². The third-order valence-corrected chi connectivity index (χ3v) is 6.27. The van der Waals surface area contributed by atoms with Gasteiger partial charge in [-0.3, -0.25) is 0 Å². The topological polar surface area (TPSA) is 142 Å². The van der Waals surface area contributed by atoms with Gasteiger partial charge in [-0.15, -0.1) is 5.10 Å². The lowest BCUT2D eigenvalue weighted by atomic mass is 9.99. The highest BCUT2D eigenvalue weighted by Crippen LogP contribution is 2.31. The summed E-state index contributed by atoms with van der Waals surface area (Å²) < 4.78 is 28.4. The first-order chi connectivity index (χ1) is 18.3. The van der Waals surface area contributed by atoms with Crippen molar-refractivity contribution in [3.8, 4) is 17.3 Å². The smallest absolute Gasteiger partial charge is 0.497 e. The van der Waals surface area contributed by atoms with Crippen LogP contribution in [0.25, 0.3) is 5.69 Å². The van der Waals surface area contributed by atoms with Crippen molar-refractivity contribution in [2.24, 2.45) is 0 Å². The first-order valence-corrected chi connectivity index (χ1v) is 12.2. The Kier molecular flexibility index (Phi) is 8.85. The number of hydrogen-bond donors (Lipinski definition) is 3. The monoisotopic (exact) mass is 528 g/mol. The molecular weight excluding hydrogens is 496 g/mol. The summed E-state index contributed by atoms with van der Waals surface area (Å²) in [5.41, 5.74) is 3.30. The van der Waals surface area contributed by atoms with Crippen molar-refractivity contribution in [2.45, 2.75) is 51.0 Å². The highest BCUT2D eigenvalue weighted by molar-refractivity contribution is 5.59. The summed E-state index contributed by atoms with van der Waals surface area (Å²) in [4.78, 5) is 11.6. The predicted molar refractivity (Wildman–Crippen MR) is 134 cm³/mol. The lowest BCUT2D eigenvalue weighted by molar-refractivity contribution is -0.278. The van der Waals surface area contributed by atoms with Crippen LogP contribution in [0.1, 0.15) is 23.7 Å². The van der Waals surface area contributed by atoms with E-state index in [0.29, 0.717) is 6.42 Å². The lowest BCUT2D eigenvalue weighted by Crippen LogP contribution is -2.60. The first kappa shape index (κ1) is 27.4. The van der Waals surface area contributed by atoms with Crippen molar-refractivity contribution >= 4 is 6.16 Å². The van der Waals surface area contributed by atoms with E-state index >= 15 is 0 Å². The summed E-state index contributed by atoms with van der Waals surface area (Å²) in [5, 5.41) is 36.1. The second-order valence-corrected chi connectivity index (χ2v) is 8.77. The average Bonchev–Trinajstić information content (AvgIpc) is 3.23. The van der Waals surface area contributed by atoms with Gasteiger partial charge in [0.25, 0.3) is 0 Å². The van der Waals surface area contributed by atoms with Crippen molar-refractivity contribution in [1.29, 1.82) is 0 Å². The quantitative estimate of drug-likeness (QED) is 0.354. The fourth-order valence-corrected chi connectivity index (χ4v) is 4.15. The number of carbonyl (C=O) groups is 1. The standard InChI is InChI=1S/C27H32N2O9/c1-4-35-27(33)36-15-21-22(30)23(31)24(32)26(37-21)38-25-20(14-17-10-12-19(34-3)13-11-17)16(2)29(28-25)18-8-6-5-7-9-18/h5-13,21-24,26,30-32H,4,14-15H2,1-3H3/t21-,22-,23+,24-,26?/m1/s1. The maximum atomic E-state index is 11.6. The molecule has 2 heterocycles. The zero-order chi connectivity index (χ0) is 27.2. The predicted octanol–water partition coefficient (Wildman–Crippen LogP) is 2.14. The number of rotatable bonds is 9. The molecule has 11 heteroatoms. The zero-order valence-corrected chi connectivity index (χ0v) is 21.4. The second-order valence-electron chi connectivity index (χ2n) is 8.77. The highest BCUT2D eigenvalue weighted by Gasteiger charge is 2.46. The number of aliphatic hydroxyl groups is 3. The van der Waals surface area contributed by atoms with Crippen LogP contribution < -0.4 is 9.47 Å². The van der Waals surface area contributed by atoms with E-state index in [1.54, 1.807) is 18.7 Å². The van der Waals surface area contributed by atoms with Gasteiger partial charge in [-0.25, -0.2) is 9.48 Å². The minimum absolute atomic E-state index is 0.111. The van der Waals surface area contributed by atoms with Crippen molar-refractivity contribution in [1.82, 2.24) is 9.78 Å². The van der Waals surface area contributed by atoms with Gasteiger partial charge in [0.1, 0.15) is 36.8 Å². The molecule has 1 saturated heterocycles. The number of aromatic nitrogens is 2. The molecule has 3 N–H and O–H groups in total. The van der Waals surface area contributed by atoms with Gasteiger partial charge < -0.3 is 39.0 Å². The molecule has 204 valence electrons. The number of nitrogens with zero attached hydrogens (tertiary/aromatic N) is 2. The van der Waals surface area contributed by atoms with Crippen molar-refractivity contribution in [2.75, 3.05) is 20.3 Å². The summed E-state index contributed by atoms with van der Waals surface area (Å²) >= 11 is 0. The molecule has 3 aromatic rings. The number of para-hydroxylation sites is 1. The maximum absolute atomic E-state index is 11.6. The molecule has 0 radical (unpaired) electrons. The fourth-order valence-electron chi connectivity index (χ4n) is 4.15. The number of ether oxygens (including phenoxy) is 5. The summed E-state index contributed by atoms with van der Waals surface area (Å²) in [5.74, 6) is 0.907. The van der Waals surface area contributed by atoms with Crippen LogP contribution in [0.5, 0.6) is 11.6 Å². The third kappa shape index (κ3) is 6.08. The van der Waals surface area contributed by atoms with E-state index in [2.05, 4.69) is 5.10 Å². The van der Waals surface area contributed by atoms with Gasteiger partial charge in [-0.1, -0.05) is 30.3 Å². The Bertz CT molecular complexity index is 1200. The molecule has 1 fully saturated rings. The molecule has 38 heavy (non-hydrogen) atoms. The molecule has 1 unspecified atom stereocenters. The van der Waals surface area contributed by atoms with Crippen molar-refractivity contribution < 1.29 is 43.8 Å².